The number of hydrogen-bond donors (Lipinski definition) is 3. The van der Waals surface area contributed by atoms with Crippen molar-refractivity contribution in [3.8, 4) is 0 Å². The lowest BCUT2D eigenvalue weighted by molar-refractivity contribution is -0.263. The molecule has 8 aliphatic rings. The Morgan fingerprint density at radius 3 is 2.26 bits per heavy atom. The van der Waals surface area contributed by atoms with Crippen molar-refractivity contribution < 1.29 is 53.4 Å². The van der Waals surface area contributed by atoms with Gasteiger partial charge in [-0.15, -0.1) is 0 Å². The molecule has 0 aromatic carbocycles. The van der Waals surface area contributed by atoms with Crippen LogP contribution in [0.1, 0.15) is 67.2 Å². The zero-order chi connectivity index (χ0) is 30.8. The number of esters is 3. The van der Waals surface area contributed by atoms with E-state index in [4.69, 9.17) is 23.7 Å². The molecule has 0 amide bonds. The molecule has 8 rings (SSSR count). The molecule has 43 heavy (non-hydrogen) atoms. The van der Waals surface area contributed by atoms with Crippen LogP contribution in [0.4, 0.5) is 0 Å². The SMILES string of the molecule is CC(=O)O[C@H]1C[C@H]2[C@@H]([C@@H]3O[C@@H]3[C@@]3(O)C[C@@H]4O[C@@H]4[C@H](OC(C)=O)[C@]23C)[C@@H]2C[C@@H]3[C@H]([C@H](CO)[C@@H]4C[C@]3(C)[C@@](C)(O)C(=O)O4)[C@@]12C. The molecule has 0 aromatic rings. The summed E-state index contributed by atoms with van der Waals surface area (Å²) in [5.74, 6) is -2.71. The lowest BCUT2D eigenvalue weighted by Crippen LogP contribution is -2.73. The van der Waals surface area contributed by atoms with Crippen LogP contribution in [0.2, 0.25) is 0 Å². The Balaban J connectivity index is 1.29. The average Bonchev–Trinajstić information content (AvgIpc) is 3.82. The molecule has 0 spiro atoms. The van der Waals surface area contributed by atoms with Gasteiger partial charge in [-0.2, -0.15) is 0 Å². The van der Waals surface area contributed by atoms with Crippen LogP contribution in [0.15, 0.2) is 0 Å². The van der Waals surface area contributed by atoms with Crippen molar-refractivity contribution in [1.29, 1.82) is 0 Å². The number of carbonyl (C=O) groups is 3. The molecule has 2 bridgehead atoms. The highest BCUT2D eigenvalue weighted by Gasteiger charge is 2.85. The van der Waals surface area contributed by atoms with Crippen molar-refractivity contribution in [2.24, 2.45) is 51.8 Å². The van der Waals surface area contributed by atoms with Gasteiger partial charge in [-0.05, 0) is 55.8 Å². The summed E-state index contributed by atoms with van der Waals surface area (Å²) in [6.45, 7) is 10.2. The van der Waals surface area contributed by atoms with Crippen LogP contribution in [0.3, 0.4) is 0 Å². The number of aliphatic hydroxyl groups is 3. The van der Waals surface area contributed by atoms with Crippen LogP contribution >= 0.6 is 0 Å². The molecule has 0 unspecified atom stereocenters. The number of hydrogen-bond acceptors (Lipinski definition) is 11. The lowest BCUT2D eigenvalue weighted by atomic mass is 9.41. The third-order valence-corrected chi connectivity index (χ3v) is 14.6. The van der Waals surface area contributed by atoms with Crippen molar-refractivity contribution >= 4 is 17.9 Å². The van der Waals surface area contributed by atoms with Gasteiger partial charge in [-0.1, -0.05) is 20.8 Å². The van der Waals surface area contributed by atoms with Gasteiger partial charge in [0.2, 0.25) is 0 Å². The number of aliphatic hydroxyl groups excluding tert-OH is 1. The van der Waals surface area contributed by atoms with E-state index in [9.17, 15) is 29.7 Å². The van der Waals surface area contributed by atoms with E-state index in [-0.39, 0.29) is 60.4 Å². The largest absolute Gasteiger partial charge is 0.462 e. The number of ether oxygens (including phenoxy) is 5. The first-order valence-electron chi connectivity index (χ1n) is 16.0. The summed E-state index contributed by atoms with van der Waals surface area (Å²) in [6.07, 6.45) is -1.19. The molecule has 3 saturated heterocycles. The van der Waals surface area contributed by atoms with Crippen molar-refractivity contribution in [2.75, 3.05) is 6.61 Å². The zero-order valence-electron chi connectivity index (χ0n) is 25.6. The Kier molecular flexibility index (Phi) is 5.55. The van der Waals surface area contributed by atoms with Crippen LogP contribution in [0.5, 0.6) is 0 Å². The molecule has 3 heterocycles. The van der Waals surface area contributed by atoms with E-state index in [0.717, 1.165) is 0 Å². The van der Waals surface area contributed by atoms with Crippen LogP contribution in [0, 0.1) is 51.8 Å². The number of rotatable bonds is 3. The van der Waals surface area contributed by atoms with E-state index in [0.29, 0.717) is 25.7 Å². The monoisotopic (exact) mass is 604 g/mol. The Labute approximate surface area is 250 Å². The number of fused-ring (bicyclic) bond motifs is 14. The normalized spacial score (nSPS) is 61.8. The fourth-order valence-electron chi connectivity index (χ4n) is 12.4. The Bertz CT molecular complexity index is 1300. The summed E-state index contributed by atoms with van der Waals surface area (Å²) in [7, 11) is 0. The molecular weight excluding hydrogens is 560 g/mol. The minimum absolute atomic E-state index is 0.0737. The van der Waals surface area contributed by atoms with Crippen LogP contribution in [-0.2, 0) is 38.1 Å². The summed E-state index contributed by atoms with van der Waals surface area (Å²) >= 11 is 0. The lowest BCUT2D eigenvalue weighted by Gasteiger charge is -2.64. The van der Waals surface area contributed by atoms with E-state index in [1.54, 1.807) is 0 Å². The second-order valence-corrected chi connectivity index (χ2v) is 15.9. The molecule has 11 nitrogen and oxygen atoms in total. The van der Waals surface area contributed by atoms with Crippen molar-refractivity contribution in [3.63, 3.8) is 0 Å². The average molecular weight is 605 g/mol. The molecule has 3 aliphatic heterocycles. The third-order valence-electron chi connectivity index (χ3n) is 14.6. The van der Waals surface area contributed by atoms with Gasteiger partial charge in [-0.3, -0.25) is 9.59 Å². The van der Waals surface area contributed by atoms with Crippen molar-refractivity contribution in [3.05, 3.63) is 0 Å². The van der Waals surface area contributed by atoms with Crippen LogP contribution in [-0.4, -0.2) is 93.8 Å². The van der Waals surface area contributed by atoms with Crippen molar-refractivity contribution in [2.45, 2.75) is 121 Å². The molecule has 18 atom stereocenters. The zero-order valence-corrected chi connectivity index (χ0v) is 25.6. The molecule has 3 N–H and O–H groups in total. The molecule has 5 saturated carbocycles. The number of carbonyl (C=O) groups excluding carboxylic acids is 3. The first-order valence-corrected chi connectivity index (χ1v) is 16.0. The summed E-state index contributed by atoms with van der Waals surface area (Å²) in [5.41, 5.74) is -5.43. The Morgan fingerprint density at radius 2 is 1.60 bits per heavy atom. The van der Waals surface area contributed by atoms with Gasteiger partial charge >= 0.3 is 17.9 Å². The van der Waals surface area contributed by atoms with E-state index >= 15 is 0 Å². The van der Waals surface area contributed by atoms with Gasteiger partial charge in [-0.25, -0.2) is 4.79 Å². The topological polar surface area (TPSA) is 165 Å². The predicted molar refractivity (Wildman–Crippen MR) is 145 cm³/mol. The molecular formula is C32H44O11. The Morgan fingerprint density at radius 1 is 0.907 bits per heavy atom. The first kappa shape index (κ1) is 28.7. The maximum absolute atomic E-state index is 13.1. The van der Waals surface area contributed by atoms with Crippen LogP contribution in [0.25, 0.3) is 0 Å². The predicted octanol–water partition coefficient (Wildman–Crippen LogP) is 1.13. The van der Waals surface area contributed by atoms with Crippen molar-refractivity contribution in [1.82, 2.24) is 0 Å². The first-order chi connectivity index (χ1) is 20.1. The quantitative estimate of drug-likeness (QED) is 0.240. The summed E-state index contributed by atoms with van der Waals surface area (Å²) in [5, 5.41) is 35.0. The van der Waals surface area contributed by atoms with E-state index in [1.807, 2.05) is 13.8 Å². The van der Waals surface area contributed by atoms with Gasteiger partial charge in [0.1, 0.15) is 36.1 Å². The summed E-state index contributed by atoms with van der Waals surface area (Å²) in [4.78, 5) is 38.3. The molecule has 238 valence electrons. The van der Waals surface area contributed by atoms with E-state index in [1.165, 1.54) is 20.8 Å². The van der Waals surface area contributed by atoms with Gasteiger partial charge in [0, 0.05) is 49.0 Å². The fourth-order valence-corrected chi connectivity index (χ4v) is 12.4. The molecule has 5 aliphatic carbocycles. The summed E-state index contributed by atoms with van der Waals surface area (Å²) in [6, 6.07) is 0. The summed E-state index contributed by atoms with van der Waals surface area (Å²) < 4.78 is 30.4. The highest BCUT2D eigenvalue weighted by molar-refractivity contribution is 5.81. The maximum atomic E-state index is 13.1. The smallest absolute Gasteiger partial charge is 0.338 e. The van der Waals surface area contributed by atoms with Gasteiger partial charge in [0.15, 0.2) is 5.60 Å². The van der Waals surface area contributed by atoms with Gasteiger partial charge in [0.05, 0.1) is 12.2 Å². The highest BCUT2D eigenvalue weighted by Crippen LogP contribution is 2.78. The third kappa shape index (κ3) is 3.16. The van der Waals surface area contributed by atoms with Gasteiger partial charge in [0.25, 0.3) is 0 Å². The molecule has 11 heteroatoms. The molecule has 8 fully saturated rings. The van der Waals surface area contributed by atoms with Gasteiger partial charge < -0.3 is 39.0 Å². The number of epoxide rings is 2. The standard InChI is InChI=1S/C32H44O11/c1-12(34)39-20-8-16-21(24-26(43-24)32(38)10-19-23(41-19)25(30(16,32)5)40-13(2)35)15-7-17-22(29(15,20)4)14(11-33)18-9-28(17,3)31(6,37)27(36)42-18/h14-26,33,37-38H,7-11H2,1-6H3/t14-,15+,16+,17-,18+,19+,20+,21+,22+,23+,24+,25+,26+,28+,29-,30+,31+,32+/m1/s1. The van der Waals surface area contributed by atoms with E-state index < -0.39 is 69.8 Å². The molecule has 0 aromatic heterocycles. The van der Waals surface area contributed by atoms with Crippen LogP contribution < -0.4 is 0 Å². The minimum atomic E-state index is -1.73. The maximum Gasteiger partial charge on any atom is 0.338 e. The fraction of sp³-hybridized carbons (Fsp3) is 0.906. The van der Waals surface area contributed by atoms with E-state index in [2.05, 4.69) is 6.92 Å². The molecule has 0 radical (unpaired) electrons. The second kappa shape index (κ2) is 8.32. The highest BCUT2D eigenvalue weighted by atomic mass is 16.6. The minimum Gasteiger partial charge on any atom is -0.462 e. The second-order valence-electron chi connectivity index (χ2n) is 15.9. The Hall–Kier alpha value is -1.79.